The van der Waals surface area contributed by atoms with Gasteiger partial charge in [-0.1, -0.05) is 6.08 Å². The zero-order valence-electron chi connectivity index (χ0n) is 11.1. The van der Waals surface area contributed by atoms with Gasteiger partial charge in [-0.2, -0.15) is 0 Å². The van der Waals surface area contributed by atoms with Crippen LogP contribution in [0.1, 0.15) is 34.6 Å². The fraction of sp³-hybridized carbons (Fsp3) is 0.583. The highest BCUT2D eigenvalue weighted by Crippen LogP contribution is 2.39. The van der Waals surface area contributed by atoms with Gasteiger partial charge in [-0.3, -0.25) is 4.99 Å². The van der Waals surface area contributed by atoms with Gasteiger partial charge in [0.25, 0.3) is 0 Å². The average Bonchev–Trinajstić information content (AvgIpc) is 2.37. The number of aliphatic imine (C=N–C) groups is 1. The SMILES string of the molecule is C=N/C=C(F)\C(=C/C)B1OC(C)(C)C(C)(C)O1. The number of rotatable bonds is 3. The third-order valence-corrected chi connectivity index (χ3v) is 3.30. The first kappa shape index (κ1) is 14.1. The molecule has 0 amide bonds. The molecule has 1 aliphatic rings. The summed E-state index contributed by atoms with van der Waals surface area (Å²) in [6.45, 7) is 12.7. The van der Waals surface area contributed by atoms with Gasteiger partial charge < -0.3 is 9.31 Å². The van der Waals surface area contributed by atoms with E-state index < -0.39 is 24.1 Å². The van der Waals surface area contributed by atoms with Gasteiger partial charge in [0.05, 0.1) is 17.4 Å². The van der Waals surface area contributed by atoms with Crippen molar-refractivity contribution in [1.29, 1.82) is 0 Å². The molecule has 5 heteroatoms. The summed E-state index contributed by atoms with van der Waals surface area (Å²) in [5.41, 5.74) is -0.613. The second-order valence-electron chi connectivity index (χ2n) is 4.99. The summed E-state index contributed by atoms with van der Waals surface area (Å²) < 4.78 is 25.2. The molecule has 0 saturated carbocycles. The van der Waals surface area contributed by atoms with Gasteiger partial charge in [-0.05, 0) is 41.3 Å². The minimum Gasteiger partial charge on any atom is -0.399 e. The molecular weight excluding hydrogens is 220 g/mol. The summed E-state index contributed by atoms with van der Waals surface area (Å²) in [7, 11) is -0.706. The minimum atomic E-state index is -0.706. The number of hydrogen-bond acceptors (Lipinski definition) is 3. The second kappa shape index (κ2) is 4.74. The van der Waals surface area contributed by atoms with Crippen LogP contribution >= 0.6 is 0 Å². The molecule has 3 nitrogen and oxygen atoms in total. The van der Waals surface area contributed by atoms with Crippen LogP contribution < -0.4 is 0 Å². The highest BCUT2D eigenvalue weighted by Gasteiger charge is 2.52. The van der Waals surface area contributed by atoms with Crippen LogP contribution in [-0.2, 0) is 9.31 Å². The fourth-order valence-corrected chi connectivity index (χ4v) is 1.51. The number of nitrogens with zero attached hydrogens (tertiary/aromatic N) is 1. The van der Waals surface area contributed by atoms with Gasteiger partial charge in [0.1, 0.15) is 5.83 Å². The van der Waals surface area contributed by atoms with E-state index in [1.165, 1.54) is 0 Å². The topological polar surface area (TPSA) is 30.8 Å². The van der Waals surface area contributed by atoms with Crippen molar-refractivity contribution in [2.45, 2.75) is 45.8 Å². The van der Waals surface area contributed by atoms with E-state index in [9.17, 15) is 4.39 Å². The van der Waals surface area contributed by atoms with Crippen LogP contribution in [-0.4, -0.2) is 25.0 Å². The van der Waals surface area contributed by atoms with Crippen molar-refractivity contribution in [3.8, 4) is 0 Å². The lowest BCUT2D eigenvalue weighted by atomic mass is 9.77. The third-order valence-electron chi connectivity index (χ3n) is 3.30. The summed E-state index contributed by atoms with van der Waals surface area (Å²) in [5, 5.41) is 0. The lowest BCUT2D eigenvalue weighted by Gasteiger charge is -2.32. The zero-order chi connectivity index (χ0) is 13.3. The molecule has 0 aromatic carbocycles. The van der Waals surface area contributed by atoms with E-state index in [-0.39, 0.29) is 0 Å². The summed E-state index contributed by atoms with van der Waals surface area (Å²) in [6.07, 6.45) is 2.68. The molecular formula is C12H19BFNO2. The normalized spacial score (nSPS) is 24.0. The molecule has 1 heterocycles. The minimum absolute atomic E-state index is 0.344. The predicted octanol–water partition coefficient (Wildman–Crippen LogP) is 3.08. The number of allylic oxidation sites excluding steroid dienone is 3. The van der Waals surface area contributed by atoms with Gasteiger partial charge in [0, 0.05) is 5.47 Å². The highest BCUT2D eigenvalue weighted by molar-refractivity contribution is 6.56. The van der Waals surface area contributed by atoms with Crippen LogP contribution in [0.3, 0.4) is 0 Å². The van der Waals surface area contributed by atoms with E-state index in [0.717, 1.165) is 6.20 Å². The van der Waals surface area contributed by atoms with E-state index in [1.807, 2.05) is 27.7 Å². The van der Waals surface area contributed by atoms with Crippen LogP contribution in [0.25, 0.3) is 0 Å². The Hall–Kier alpha value is -0.935. The first-order chi connectivity index (χ1) is 7.75. The van der Waals surface area contributed by atoms with Crippen molar-refractivity contribution in [1.82, 2.24) is 0 Å². The second-order valence-corrected chi connectivity index (χ2v) is 4.99. The summed E-state index contributed by atoms with van der Waals surface area (Å²) >= 11 is 0. The molecule has 1 rings (SSSR count). The molecule has 0 radical (unpaired) electrons. The predicted molar refractivity (Wildman–Crippen MR) is 68.6 cm³/mol. The largest absolute Gasteiger partial charge is 0.497 e. The van der Waals surface area contributed by atoms with Gasteiger partial charge in [-0.25, -0.2) is 4.39 Å². The first-order valence-electron chi connectivity index (χ1n) is 5.59. The first-order valence-corrected chi connectivity index (χ1v) is 5.59. The summed E-state index contributed by atoms with van der Waals surface area (Å²) in [4.78, 5) is 3.41. The maximum absolute atomic E-state index is 13.7. The molecule has 0 atom stereocenters. The van der Waals surface area contributed by atoms with Crippen molar-refractivity contribution >= 4 is 13.8 Å². The molecule has 1 saturated heterocycles. The van der Waals surface area contributed by atoms with Crippen LogP contribution in [0.4, 0.5) is 4.39 Å². The summed E-state index contributed by atoms with van der Waals surface area (Å²) in [6, 6.07) is 0. The van der Waals surface area contributed by atoms with Crippen LogP contribution in [0.15, 0.2) is 28.6 Å². The Balaban J connectivity index is 2.97. The molecule has 0 aromatic rings. The Morgan fingerprint density at radius 3 is 2.06 bits per heavy atom. The molecule has 94 valence electrons. The van der Waals surface area contributed by atoms with E-state index >= 15 is 0 Å². The number of hydrogen-bond donors (Lipinski definition) is 0. The molecule has 0 bridgehead atoms. The van der Waals surface area contributed by atoms with Crippen LogP contribution in [0, 0.1) is 0 Å². The molecule has 1 aliphatic heterocycles. The van der Waals surface area contributed by atoms with Crippen molar-refractivity contribution in [3.05, 3.63) is 23.6 Å². The monoisotopic (exact) mass is 239 g/mol. The van der Waals surface area contributed by atoms with Crippen molar-refractivity contribution < 1.29 is 13.7 Å². The zero-order valence-corrected chi connectivity index (χ0v) is 11.1. The molecule has 0 aliphatic carbocycles. The van der Waals surface area contributed by atoms with Crippen molar-refractivity contribution in [2.24, 2.45) is 4.99 Å². The molecule has 0 unspecified atom stereocenters. The van der Waals surface area contributed by atoms with Gasteiger partial charge in [0.15, 0.2) is 0 Å². The quantitative estimate of drug-likeness (QED) is 0.430. The van der Waals surface area contributed by atoms with E-state index in [0.29, 0.717) is 5.47 Å². The smallest absolute Gasteiger partial charge is 0.399 e. The highest BCUT2D eigenvalue weighted by atomic mass is 19.1. The van der Waals surface area contributed by atoms with Gasteiger partial charge >= 0.3 is 7.12 Å². The standard InChI is InChI=1S/C12H19BFNO2/c1-7-9(10(14)8-15-6)13-16-11(2,3)12(4,5)17-13/h7-8H,6H2,1-5H3/b9-7+,10-8+. The Bertz CT molecular complexity index is 359. The molecule has 17 heavy (non-hydrogen) atoms. The van der Waals surface area contributed by atoms with E-state index in [2.05, 4.69) is 11.7 Å². The lowest BCUT2D eigenvalue weighted by Crippen LogP contribution is -2.41. The van der Waals surface area contributed by atoms with Crippen molar-refractivity contribution in [2.75, 3.05) is 0 Å². The van der Waals surface area contributed by atoms with Crippen LogP contribution in [0.5, 0.6) is 0 Å². The van der Waals surface area contributed by atoms with Crippen molar-refractivity contribution in [3.63, 3.8) is 0 Å². The molecule has 1 fully saturated rings. The number of halogens is 1. The third kappa shape index (κ3) is 2.66. The van der Waals surface area contributed by atoms with E-state index in [4.69, 9.17) is 9.31 Å². The fourth-order valence-electron chi connectivity index (χ4n) is 1.51. The Labute approximate surface area is 103 Å². The van der Waals surface area contributed by atoms with Gasteiger partial charge in [0.2, 0.25) is 0 Å². The van der Waals surface area contributed by atoms with Crippen LogP contribution in [0.2, 0.25) is 0 Å². The Morgan fingerprint density at radius 2 is 1.71 bits per heavy atom. The van der Waals surface area contributed by atoms with E-state index in [1.54, 1.807) is 13.0 Å². The average molecular weight is 239 g/mol. The Kier molecular flexibility index (Phi) is 3.94. The lowest BCUT2D eigenvalue weighted by molar-refractivity contribution is 0.00578. The molecule has 0 N–H and O–H groups in total. The van der Waals surface area contributed by atoms with Gasteiger partial charge in [-0.15, -0.1) is 0 Å². The summed E-state index contributed by atoms with van der Waals surface area (Å²) in [5.74, 6) is -0.485. The maximum atomic E-state index is 13.7. The maximum Gasteiger partial charge on any atom is 0.497 e. The Morgan fingerprint density at radius 1 is 1.24 bits per heavy atom. The molecule has 0 aromatic heterocycles. The molecule has 0 spiro atoms.